The van der Waals surface area contributed by atoms with Gasteiger partial charge in [0.1, 0.15) is 19.3 Å². The highest BCUT2D eigenvalue weighted by Gasteiger charge is 2.30. The number of allylic oxidation sites excluding steroid dienone is 2. The predicted octanol–water partition coefficient (Wildman–Crippen LogP) is 5.50. The van der Waals surface area contributed by atoms with Crippen molar-refractivity contribution in [1.82, 2.24) is 19.8 Å². The normalized spacial score (nSPS) is 15.2. The Morgan fingerprint density at radius 1 is 0.843 bits per heavy atom. The van der Waals surface area contributed by atoms with Gasteiger partial charge in [-0.05, 0) is 70.9 Å². The maximum Gasteiger partial charge on any atom is 0.249 e. The lowest BCUT2D eigenvalue weighted by Crippen LogP contribution is -2.49. The molecule has 2 amide bonds. The third-order valence-electron chi connectivity index (χ3n) is 9.18. The summed E-state index contributed by atoms with van der Waals surface area (Å²) < 4.78 is 42.0. The largest absolute Gasteiger partial charge is 0.486 e. The second-order valence-corrected chi connectivity index (χ2v) is 14.4. The van der Waals surface area contributed by atoms with Crippen LogP contribution in [-0.4, -0.2) is 68.9 Å². The molecule has 51 heavy (non-hydrogen) atoms. The van der Waals surface area contributed by atoms with Gasteiger partial charge >= 0.3 is 0 Å². The Balaban J connectivity index is 1.25. The molecule has 2 atom stereocenters. The molecule has 10 nitrogen and oxygen atoms in total. The van der Waals surface area contributed by atoms with Crippen LogP contribution in [-0.2, 0) is 32.6 Å². The third-order valence-corrected chi connectivity index (χ3v) is 10.7. The number of benzene rings is 4. The highest BCUT2D eigenvalue weighted by atomic mass is 32.2. The van der Waals surface area contributed by atoms with Crippen LogP contribution < -0.4 is 19.5 Å². The first-order chi connectivity index (χ1) is 24.7. The SMILES string of the molecule is CCN(CC)Cc1ccc(CC(NC(=O)CC(NS(=O)(=O)c2ccc3ccccc3c2)c2ccc3c(c2)OCCO3)C(=O)N2C=CC=CC2)cc1. The first-order valence-corrected chi connectivity index (χ1v) is 18.8. The van der Waals surface area contributed by atoms with E-state index >= 15 is 0 Å². The number of amides is 2. The number of sulfonamides is 1. The van der Waals surface area contributed by atoms with Crippen molar-refractivity contribution in [3.05, 3.63) is 126 Å². The Bertz CT molecular complexity index is 2020. The molecule has 2 aliphatic heterocycles. The van der Waals surface area contributed by atoms with Crippen molar-refractivity contribution < 1.29 is 27.5 Å². The lowest BCUT2D eigenvalue weighted by Gasteiger charge is -2.27. The van der Waals surface area contributed by atoms with Crippen LogP contribution in [0.25, 0.3) is 10.8 Å². The minimum absolute atomic E-state index is 0.0755. The lowest BCUT2D eigenvalue weighted by atomic mass is 10.0. The van der Waals surface area contributed by atoms with Crippen molar-refractivity contribution in [2.75, 3.05) is 32.8 Å². The van der Waals surface area contributed by atoms with Crippen molar-refractivity contribution >= 4 is 32.6 Å². The number of hydrogen-bond donors (Lipinski definition) is 2. The molecule has 4 aromatic carbocycles. The summed E-state index contributed by atoms with van der Waals surface area (Å²) in [5, 5.41) is 4.64. The summed E-state index contributed by atoms with van der Waals surface area (Å²) >= 11 is 0. The number of carbonyl (C=O) groups excluding carboxylic acids is 2. The molecule has 6 rings (SSSR count). The van der Waals surface area contributed by atoms with Crippen molar-refractivity contribution in [3.63, 3.8) is 0 Å². The zero-order valence-corrected chi connectivity index (χ0v) is 29.8. The molecule has 2 unspecified atom stereocenters. The summed E-state index contributed by atoms with van der Waals surface area (Å²) in [7, 11) is -4.09. The maximum absolute atomic E-state index is 13.9. The fourth-order valence-corrected chi connectivity index (χ4v) is 7.55. The minimum atomic E-state index is -4.09. The molecule has 11 heteroatoms. The molecule has 0 saturated heterocycles. The van der Waals surface area contributed by atoms with Gasteiger partial charge < -0.3 is 19.7 Å². The van der Waals surface area contributed by atoms with Gasteiger partial charge in [0.05, 0.1) is 10.9 Å². The summed E-state index contributed by atoms with van der Waals surface area (Å²) in [6.07, 6.45) is 7.21. The van der Waals surface area contributed by atoms with Crippen molar-refractivity contribution in [2.45, 2.75) is 50.2 Å². The zero-order valence-electron chi connectivity index (χ0n) is 29.0. The molecular weight excluding hydrogens is 665 g/mol. The van der Waals surface area contributed by atoms with E-state index in [0.29, 0.717) is 36.8 Å². The van der Waals surface area contributed by atoms with Crippen LogP contribution in [0.4, 0.5) is 0 Å². The number of rotatable bonds is 14. The van der Waals surface area contributed by atoms with Gasteiger partial charge in [-0.3, -0.25) is 14.5 Å². The molecule has 2 aliphatic rings. The van der Waals surface area contributed by atoms with Crippen molar-refractivity contribution in [2.24, 2.45) is 0 Å². The molecule has 2 heterocycles. The van der Waals surface area contributed by atoms with E-state index in [9.17, 15) is 18.0 Å². The van der Waals surface area contributed by atoms with Crippen LogP contribution in [0.15, 0.2) is 114 Å². The van der Waals surface area contributed by atoms with E-state index in [2.05, 4.69) is 40.9 Å². The summed E-state index contributed by atoms with van der Waals surface area (Å²) in [5.41, 5.74) is 2.59. The maximum atomic E-state index is 13.9. The van der Waals surface area contributed by atoms with Gasteiger partial charge in [-0.25, -0.2) is 13.1 Å². The quantitative estimate of drug-likeness (QED) is 0.178. The minimum Gasteiger partial charge on any atom is -0.486 e. The summed E-state index contributed by atoms with van der Waals surface area (Å²) in [6.45, 7) is 8.13. The summed E-state index contributed by atoms with van der Waals surface area (Å²) in [5.74, 6) is 0.271. The Morgan fingerprint density at radius 2 is 1.57 bits per heavy atom. The van der Waals surface area contributed by atoms with E-state index in [-0.39, 0.29) is 23.6 Å². The molecule has 266 valence electrons. The van der Waals surface area contributed by atoms with Gasteiger partial charge in [-0.15, -0.1) is 0 Å². The van der Waals surface area contributed by atoms with Gasteiger partial charge in [0.2, 0.25) is 21.8 Å². The smallest absolute Gasteiger partial charge is 0.249 e. The lowest BCUT2D eigenvalue weighted by molar-refractivity contribution is -0.134. The Kier molecular flexibility index (Phi) is 11.5. The number of nitrogens with one attached hydrogen (secondary N) is 2. The molecule has 0 aliphatic carbocycles. The van der Waals surface area contributed by atoms with Crippen LogP contribution in [0.1, 0.15) is 43.0 Å². The topological polar surface area (TPSA) is 117 Å². The first kappa shape index (κ1) is 35.8. The standard InChI is InChI=1S/C40H44N4O6S/c1-3-43(4-2)28-30-14-12-29(13-15-30)24-36(40(46)44-20-8-5-9-21-44)41-39(45)27-35(33-17-19-37-38(26-33)50-23-22-49-37)42-51(47,48)34-18-16-31-10-6-7-11-32(31)25-34/h5-20,25-26,35-36,42H,3-4,21-24,27-28H2,1-2H3,(H,41,45). The summed E-state index contributed by atoms with van der Waals surface area (Å²) in [4.78, 5) is 31.7. The Hall–Kier alpha value is -4.97. The number of carbonyl (C=O) groups is 2. The molecular formula is C40H44N4O6S. The monoisotopic (exact) mass is 708 g/mol. The fraction of sp³-hybridized carbons (Fsp3) is 0.300. The number of ether oxygens (including phenoxy) is 2. The Labute approximate surface area is 299 Å². The van der Waals surface area contributed by atoms with E-state index in [1.807, 2.05) is 48.6 Å². The molecule has 2 N–H and O–H groups in total. The molecule has 0 radical (unpaired) electrons. The van der Waals surface area contributed by atoms with Crippen molar-refractivity contribution in [1.29, 1.82) is 0 Å². The average molecular weight is 709 g/mol. The second-order valence-electron chi connectivity index (χ2n) is 12.7. The number of nitrogens with zero attached hydrogens (tertiary/aromatic N) is 2. The van der Waals surface area contributed by atoms with Crippen LogP contribution >= 0.6 is 0 Å². The van der Waals surface area contributed by atoms with E-state index in [0.717, 1.165) is 36.0 Å². The van der Waals surface area contributed by atoms with Gasteiger partial charge in [-0.2, -0.15) is 0 Å². The van der Waals surface area contributed by atoms with Crippen LogP contribution in [0.2, 0.25) is 0 Å². The zero-order chi connectivity index (χ0) is 35.8. The molecule has 0 spiro atoms. The Morgan fingerprint density at radius 3 is 2.29 bits per heavy atom. The van der Waals surface area contributed by atoms with Crippen molar-refractivity contribution in [3.8, 4) is 11.5 Å². The van der Waals surface area contributed by atoms with E-state index in [1.54, 1.807) is 53.6 Å². The average Bonchev–Trinajstić information content (AvgIpc) is 3.16. The number of hydrogen-bond acceptors (Lipinski definition) is 7. The van der Waals surface area contributed by atoms with Crippen LogP contribution in [0, 0.1) is 0 Å². The highest BCUT2D eigenvalue weighted by Crippen LogP contribution is 2.34. The molecule has 4 aromatic rings. The highest BCUT2D eigenvalue weighted by molar-refractivity contribution is 7.89. The molecule has 0 aromatic heterocycles. The predicted molar refractivity (Wildman–Crippen MR) is 198 cm³/mol. The molecule has 0 fully saturated rings. The van der Waals surface area contributed by atoms with Crippen LogP contribution in [0.3, 0.4) is 0 Å². The van der Waals surface area contributed by atoms with Gasteiger partial charge in [0.15, 0.2) is 11.5 Å². The van der Waals surface area contributed by atoms with E-state index < -0.39 is 28.0 Å². The third kappa shape index (κ3) is 9.04. The second kappa shape index (κ2) is 16.4. The molecule has 0 saturated carbocycles. The van der Waals surface area contributed by atoms with Gasteiger partial charge in [0, 0.05) is 32.1 Å². The van der Waals surface area contributed by atoms with Gasteiger partial charge in [0.25, 0.3) is 0 Å². The van der Waals surface area contributed by atoms with Crippen LogP contribution in [0.5, 0.6) is 11.5 Å². The van der Waals surface area contributed by atoms with Gasteiger partial charge in [-0.1, -0.05) is 86.7 Å². The molecule has 0 bridgehead atoms. The van der Waals surface area contributed by atoms with E-state index in [4.69, 9.17) is 9.47 Å². The first-order valence-electron chi connectivity index (χ1n) is 17.4. The number of fused-ring (bicyclic) bond motifs is 2. The fourth-order valence-electron chi connectivity index (χ4n) is 6.29. The van der Waals surface area contributed by atoms with E-state index in [1.165, 1.54) is 5.56 Å². The summed E-state index contributed by atoms with van der Waals surface area (Å²) in [6, 6.07) is 23.8.